The number of benzene rings is 1. The summed E-state index contributed by atoms with van der Waals surface area (Å²) in [5.41, 5.74) is 0.910. The second kappa shape index (κ2) is 9.69. The summed E-state index contributed by atoms with van der Waals surface area (Å²) >= 11 is 14.9. The van der Waals surface area contributed by atoms with Crippen molar-refractivity contribution in [3.63, 3.8) is 0 Å². The highest BCUT2D eigenvalue weighted by Gasteiger charge is 2.18. The molecule has 26 heavy (non-hydrogen) atoms. The van der Waals surface area contributed by atoms with E-state index in [2.05, 4.69) is 29.1 Å². The van der Waals surface area contributed by atoms with E-state index in [1.54, 1.807) is 36.9 Å². The fourth-order valence-electron chi connectivity index (χ4n) is 1.91. The normalized spacial score (nSPS) is 12.2. The van der Waals surface area contributed by atoms with E-state index in [1.807, 2.05) is 0 Å². The monoisotopic (exact) mass is 431 g/mol. The highest BCUT2D eigenvalue weighted by Crippen LogP contribution is 2.27. The molecule has 0 saturated carbocycles. The van der Waals surface area contributed by atoms with Crippen LogP contribution in [0.25, 0.3) is 0 Å². The van der Waals surface area contributed by atoms with E-state index in [1.165, 1.54) is 17.8 Å². The van der Waals surface area contributed by atoms with Gasteiger partial charge in [-0.2, -0.15) is 11.8 Å². The van der Waals surface area contributed by atoms with Crippen molar-refractivity contribution in [1.82, 2.24) is 9.97 Å². The number of thioether (sulfide) groups is 2. The molecule has 0 aliphatic carbocycles. The van der Waals surface area contributed by atoms with Gasteiger partial charge >= 0.3 is 0 Å². The van der Waals surface area contributed by atoms with Crippen molar-refractivity contribution >= 4 is 58.3 Å². The number of halogens is 2. The van der Waals surface area contributed by atoms with Crippen LogP contribution in [0.15, 0.2) is 34.2 Å². The number of nitrogens with zero attached hydrogens (tertiary/aromatic N) is 1. The summed E-state index contributed by atoms with van der Waals surface area (Å²) in [5.74, 6) is 0.386. The molecule has 0 spiro atoms. The Labute approximate surface area is 170 Å². The van der Waals surface area contributed by atoms with Gasteiger partial charge in [-0.1, -0.05) is 48.8 Å². The van der Waals surface area contributed by atoms with Crippen molar-refractivity contribution in [2.45, 2.75) is 42.2 Å². The maximum Gasteiger partial charge on any atom is 0.251 e. The topological polar surface area (TPSA) is 74.8 Å². The van der Waals surface area contributed by atoms with Gasteiger partial charge in [0.15, 0.2) is 5.16 Å². The SMILES string of the molecule is CC(C)SCc1cc(=O)[nH]c(SC(C)C(=O)Nc2cc(Cl)ccc2Cl)n1. The smallest absolute Gasteiger partial charge is 0.251 e. The minimum absolute atomic E-state index is 0.229. The third-order valence-corrected chi connectivity index (χ3v) is 5.86. The maximum atomic E-state index is 12.4. The van der Waals surface area contributed by atoms with Crippen LogP contribution in [0.2, 0.25) is 10.0 Å². The van der Waals surface area contributed by atoms with Crippen LogP contribution in [0.5, 0.6) is 0 Å². The third kappa shape index (κ3) is 6.54. The largest absolute Gasteiger partial charge is 0.324 e. The molecule has 2 N–H and O–H groups in total. The summed E-state index contributed by atoms with van der Waals surface area (Å²) in [4.78, 5) is 31.3. The van der Waals surface area contributed by atoms with Gasteiger partial charge in [-0.15, -0.1) is 0 Å². The standard InChI is InChI=1S/C17H19Cl2N3O2S2/c1-9(2)25-8-12-7-15(23)22-17(20-12)26-10(3)16(24)21-14-6-11(18)4-5-13(14)19/h4-7,9-10H,8H2,1-3H3,(H,21,24)(H,20,22,23). The van der Waals surface area contributed by atoms with Crippen LogP contribution in [0.3, 0.4) is 0 Å². The molecule has 0 aliphatic heterocycles. The molecule has 0 radical (unpaired) electrons. The molecule has 2 rings (SSSR count). The average Bonchev–Trinajstić information content (AvgIpc) is 2.55. The number of hydrogen-bond donors (Lipinski definition) is 2. The van der Waals surface area contributed by atoms with Crippen LogP contribution in [0.1, 0.15) is 26.5 Å². The van der Waals surface area contributed by atoms with Crippen LogP contribution in [0.4, 0.5) is 5.69 Å². The summed E-state index contributed by atoms with van der Waals surface area (Å²) in [6, 6.07) is 6.33. The number of nitrogens with one attached hydrogen (secondary N) is 2. The predicted octanol–water partition coefficient (Wildman–Crippen LogP) is 4.84. The van der Waals surface area contributed by atoms with E-state index >= 15 is 0 Å². The summed E-state index contributed by atoms with van der Waals surface area (Å²) in [7, 11) is 0. The number of anilines is 1. The summed E-state index contributed by atoms with van der Waals surface area (Å²) in [6.45, 7) is 5.90. The lowest BCUT2D eigenvalue weighted by molar-refractivity contribution is -0.115. The molecule has 5 nitrogen and oxygen atoms in total. The van der Waals surface area contributed by atoms with Gasteiger partial charge in [-0.25, -0.2) is 4.98 Å². The second-order valence-electron chi connectivity index (χ2n) is 5.78. The zero-order chi connectivity index (χ0) is 19.3. The molecule has 0 aliphatic rings. The number of rotatable bonds is 7. The average molecular weight is 432 g/mol. The van der Waals surface area contributed by atoms with Crippen molar-refractivity contribution in [2.24, 2.45) is 0 Å². The van der Waals surface area contributed by atoms with Crippen LogP contribution in [-0.4, -0.2) is 26.4 Å². The first kappa shape index (κ1) is 21.2. The predicted molar refractivity (Wildman–Crippen MR) is 112 cm³/mol. The first-order chi connectivity index (χ1) is 12.2. The number of aromatic nitrogens is 2. The van der Waals surface area contributed by atoms with Crippen molar-refractivity contribution in [3.05, 3.63) is 50.4 Å². The number of aromatic amines is 1. The Morgan fingerprint density at radius 1 is 1.27 bits per heavy atom. The van der Waals surface area contributed by atoms with E-state index in [9.17, 15) is 9.59 Å². The Balaban J connectivity index is 2.06. The quantitative estimate of drug-likeness (QED) is 0.484. The lowest BCUT2D eigenvalue weighted by Crippen LogP contribution is -2.23. The molecule has 140 valence electrons. The van der Waals surface area contributed by atoms with E-state index in [0.717, 1.165) is 0 Å². The Bertz CT molecular complexity index is 843. The summed E-state index contributed by atoms with van der Waals surface area (Å²) in [5, 5.41) is 3.99. The summed E-state index contributed by atoms with van der Waals surface area (Å²) < 4.78 is 0. The lowest BCUT2D eigenvalue weighted by Gasteiger charge is -2.13. The van der Waals surface area contributed by atoms with Gasteiger partial charge in [-0.3, -0.25) is 9.59 Å². The fourth-order valence-corrected chi connectivity index (χ4v) is 3.73. The van der Waals surface area contributed by atoms with Gasteiger partial charge < -0.3 is 10.3 Å². The Hall–Kier alpha value is -1.15. The molecule has 9 heteroatoms. The van der Waals surface area contributed by atoms with Crippen molar-refractivity contribution in [2.75, 3.05) is 5.32 Å². The van der Waals surface area contributed by atoms with E-state index in [-0.39, 0.29) is 11.5 Å². The third-order valence-electron chi connectivity index (χ3n) is 3.18. The Morgan fingerprint density at radius 3 is 2.69 bits per heavy atom. The van der Waals surface area contributed by atoms with Gasteiger partial charge in [0, 0.05) is 16.8 Å². The first-order valence-corrected chi connectivity index (χ1v) is 10.6. The lowest BCUT2D eigenvalue weighted by atomic mass is 10.3. The number of carbonyl (C=O) groups is 1. The molecule has 1 amide bonds. The van der Waals surface area contributed by atoms with Crippen molar-refractivity contribution in [3.8, 4) is 0 Å². The maximum absolute atomic E-state index is 12.4. The van der Waals surface area contributed by atoms with Gasteiger partial charge in [0.2, 0.25) is 5.91 Å². The Morgan fingerprint density at radius 2 is 2.00 bits per heavy atom. The first-order valence-electron chi connectivity index (χ1n) is 7.89. The van der Waals surface area contributed by atoms with Crippen LogP contribution < -0.4 is 10.9 Å². The van der Waals surface area contributed by atoms with Crippen LogP contribution in [-0.2, 0) is 10.5 Å². The molecule has 1 aromatic heterocycles. The Kier molecular flexibility index (Phi) is 7.88. The molecule has 1 heterocycles. The molecule has 0 bridgehead atoms. The highest BCUT2D eigenvalue weighted by atomic mass is 35.5. The summed E-state index contributed by atoms with van der Waals surface area (Å²) in [6.07, 6.45) is 0. The zero-order valence-corrected chi connectivity index (χ0v) is 17.7. The number of hydrogen-bond acceptors (Lipinski definition) is 5. The minimum Gasteiger partial charge on any atom is -0.324 e. The molecule has 1 aromatic carbocycles. The van der Waals surface area contributed by atoms with Gasteiger partial charge in [0.05, 0.1) is 21.7 Å². The fraction of sp³-hybridized carbons (Fsp3) is 0.353. The van der Waals surface area contributed by atoms with Crippen molar-refractivity contribution in [1.29, 1.82) is 0 Å². The molecule has 1 atom stereocenters. The molecular formula is C17H19Cl2N3O2S2. The van der Waals surface area contributed by atoms with E-state index in [4.69, 9.17) is 23.2 Å². The molecule has 0 saturated heterocycles. The minimum atomic E-state index is -0.485. The van der Waals surface area contributed by atoms with Gasteiger partial charge in [-0.05, 0) is 30.4 Å². The van der Waals surface area contributed by atoms with E-state index in [0.29, 0.717) is 37.6 Å². The van der Waals surface area contributed by atoms with E-state index < -0.39 is 5.25 Å². The van der Waals surface area contributed by atoms with Crippen LogP contribution in [0, 0.1) is 0 Å². The van der Waals surface area contributed by atoms with Gasteiger partial charge in [0.1, 0.15) is 0 Å². The number of H-pyrrole nitrogens is 1. The van der Waals surface area contributed by atoms with Crippen LogP contribution >= 0.6 is 46.7 Å². The molecule has 1 unspecified atom stereocenters. The highest BCUT2D eigenvalue weighted by molar-refractivity contribution is 8.00. The zero-order valence-electron chi connectivity index (χ0n) is 14.5. The van der Waals surface area contributed by atoms with Gasteiger partial charge in [0.25, 0.3) is 5.56 Å². The number of carbonyl (C=O) groups excluding carboxylic acids is 1. The molecule has 2 aromatic rings. The second-order valence-corrected chi connectivity index (χ2v) is 9.51. The van der Waals surface area contributed by atoms with Crippen molar-refractivity contribution < 1.29 is 4.79 Å². The molecule has 0 fully saturated rings. The molecular weight excluding hydrogens is 413 g/mol. The number of amides is 1.